The Bertz CT molecular complexity index is 295. The van der Waals surface area contributed by atoms with Crippen molar-refractivity contribution >= 4 is 11.8 Å². The number of likely N-dealkylation sites (tertiary alicyclic amines) is 1. The Balaban J connectivity index is 1.92. The van der Waals surface area contributed by atoms with Crippen LogP contribution in [0.25, 0.3) is 0 Å². The molecule has 2 aliphatic heterocycles. The second-order valence-corrected chi connectivity index (χ2v) is 5.20. The summed E-state index contributed by atoms with van der Waals surface area (Å²) in [5.41, 5.74) is 6.04. The summed E-state index contributed by atoms with van der Waals surface area (Å²) >= 11 is 0. The first-order valence-electron chi connectivity index (χ1n) is 6.24. The quantitative estimate of drug-likeness (QED) is 0.712. The molecule has 0 radical (unpaired) electrons. The molecule has 2 N–H and O–H groups in total. The summed E-state index contributed by atoms with van der Waals surface area (Å²) in [5.74, 6) is 0.276. The molecule has 0 aromatic rings. The third-order valence-corrected chi connectivity index (χ3v) is 3.61. The van der Waals surface area contributed by atoms with Gasteiger partial charge in [0.1, 0.15) is 0 Å². The van der Waals surface area contributed by atoms with E-state index in [0.717, 1.165) is 13.0 Å². The Morgan fingerprint density at radius 1 is 1.41 bits per heavy atom. The van der Waals surface area contributed by atoms with Crippen LogP contribution in [-0.2, 0) is 14.3 Å². The molecule has 2 rings (SSSR count). The van der Waals surface area contributed by atoms with E-state index < -0.39 is 0 Å². The molecule has 2 atom stereocenters. The molecule has 2 aliphatic rings. The molecule has 5 nitrogen and oxygen atoms in total. The number of imide groups is 1. The fraction of sp³-hybridized carbons (Fsp3) is 0.833. The van der Waals surface area contributed by atoms with Crippen LogP contribution in [0.5, 0.6) is 0 Å². The van der Waals surface area contributed by atoms with Gasteiger partial charge in [-0.3, -0.25) is 14.5 Å². The highest BCUT2D eigenvalue weighted by Crippen LogP contribution is 2.21. The molecule has 5 heteroatoms. The molecule has 2 amide bonds. The molecular formula is C12H20N2O3. The molecule has 2 fully saturated rings. The Kier molecular flexibility index (Phi) is 3.79. The molecule has 0 bridgehead atoms. The lowest BCUT2D eigenvalue weighted by molar-refractivity contribution is -0.150. The van der Waals surface area contributed by atoms with E-state index >= 15 is 0 Å². The normalized spacial score (nSPS) is 28.8. The lowest BCUT2D eigenvalue weighted by Gasteiger charge is -2.31. The Labute approximate surface area is 101 Å². The number of piperidine rings is 1. The molecule has 0 aliphatic carbocycles. The number of ether oxygens (including phenoxy) is 1. The zero-order chi connectivity index (χ0) is 12.4. The van der Waals surface area contributed by atoms with Crippen molar-refractivity contribution in [1.29, 1.82) is 0 Å². The SMILES string of the molecule is CC1CC(=O)N(CC(N)C2CCOC2)C(=O)C1. The highest BCUT2D eigenvalue weighted by Gasteiger charge is 2.33. The number of nitrogens with zero attached hydrogens (tertiary/aromatic N) is 1. The second-order valence-electron chi connectivity index (χ2n) is 5.20. The van der Waals surface area contributed by atoms with Crippen molar-refractivity contribution in [2.45, 2.75) is 32.2 Å². The van der Waals surface area contributed by atoms with Gasteiger partial charge < -0.3 is 10.5 Å². The van der Waals surface area contributed by atoms with E-state index in [2.05, 4.69) is 0 Å². The highest BCUT2D eigenvalue weighted by molar-refractivity contribution is 5.97. The van der Waals surface area contributed by atoms with E-state index in [1.54, 1.807) is 0 Å². The van der Waals surface area contributed by atoms with E-state index in [0.29, 0.717) is 26.0 Å². The summed E-state index contributed by atoms with van der Waals surface area (Å²) in [4.78, 5) is 24.9. The molecule has 0 aromatic heterocycles. The van der Waals surface area contributed by atoms with Crippen molar-refractivity contribution in [3.05, 3.63) is 0 Å². The minimum absolute atomic E-state index is 0.0804. The van der Waals surface area contributed by atoms with Crippen LogP contribution in [0.4, 0.5) is 0 Å². The van der Waals surface area contributed by atoms with E-state index in [1.807, 2.05) is 6.92 Å². The molecule has 0 aromatic carbocycles. The summed E-state index contributed by atoms with van der Waals surface area (Å²) in [7, 11) is 0. The van der Waals surface area contributed by atoms with Crippen molar-refractivity contribution < 1.29 is 14.3 Å². The molecule has 2 heterocycles. The molecule has 2 unspecified atom stereocenters. The van der Waals surface area contributed by atoms with Gasteiger partial charge in [0.15, 0.2) is 0 Å². The van der Waals surface area contributed by atoms with Gasteiger partial charge in [-0.2, -0.15) is 0 Å². The van der Waals surface area contributed by atoms with E-state index in [9.17, 15) is 9.59 Å². The van der Waals surface area contributed by atoms with Gasteiger partial charge in [-0.1, -0.05) is 6.92 Å². The van der Waals surface area contributed by atoms with Crippen LogP contribution in [0, 0.1) is 11.8 Å². The minimum atomic E-state index is -0.154. The predicted molar refractivity (Wildman–Crippen MR) is 62.0 cm³/mol. The first-order valence-corrected chi connectivity index (χ1v) is 6.24. The minimum Gasteiger partial charge on any atom is -0.381 e. The lowest BCUT2D eigenvalue weighted by atomic mass is 9.95. The number of amides is 2. The predicted octanol–water partition coefficient (Wildman–Crippen LogP) is 0.135. The third kappa shape index (κ3) is 2.84. The average Bonchev–Trinajstić information content (AvgIpc) is 2.76. The van der Waals surface area contributed by atoms with Gasteiger partial charge in [0, 0.05) is 38.0 Å². The maximum atomic E-state index is 11.8. The van der Waals surface area contributed by atoms with Crippen molar-refractivity contribution in [2.24, 2.45) is 17.6 Å². The fourth-order valence-corrected chi connectivity index (χ4v) is 2.48. The summed E-state index contributed by atoms with van der Waals surface area (Å²) < 4.78 is 5.27. The molecule has 0 saturated carbocycles. The summed E-state index contributed by atoms with van der Waals surface area (Å²) in [6.07, 6.45) is 1.84. The van der Waals surface area contributed by atoms with Gasteiger partial charge in [-0.15, -0.1) is 0 Å². The van der Waals surface area contributed by atoms with Crippen molar-refractivity contribution in [3.63, 3.8) is 0 Å². The Morgan fingerprint density at radius 2 is 2.06 bits per heavy atom. The number of carbonyl (C=O) groups excluding carboxylic acids is 2. The maximum Gasteiger partial charge on any atom is 0.229 e. The number of nitrogens with two attached hydrogens (primary N) is 1. The van der Waals surface area contributed by atoms with Crippen molar-refractivity contribution in [1.82, 2.24) is 4.90 Å². The molecular weight excluding hydrogens is 220 g/mol. The van der Waals surface area contributed by atoms with Crippen molar-refractivity contribution in [2.75, 3.05) is 19.8 Å². The molecule has 2 saturated heterocycles. The monoisotopic (exact) mass is 240 g/mol. The standard InChI is InChI=1S/C12H20N2O3/c1-8-4-11(15)14(12(16)5-8)6-10(13)9-2-3-17-7-9/h8-10H,2-7,13H2,1H3. The highest BCUT2D eigenvalue weighted by atomic mass is 16.5. The summed E-state index contributed by atoms with van der Waals surface area (Å²) in [5, 5.41) is 0. The second kappa shape index (κ2) is 5.14. The zero-order valence-corrected chi connectivity index (χ0v) is 10.2. The van der Waals surface area contributed by atoms with Crippen LogP contribution < -0.4 is 5.73 Å². The van der Waals surface area contributed by atoms with Gasteiger partial charge in [-0.05, 0) is 12.3 Å². The molecule has 17 heavy (non-hydrogen) atoms. The number of rotatable bonds is 3. The Hall–Kier alpha value is -0.940. The lowest BCUT2D eigenvalue weighted by Crippen LogP contribution is -2.50. The number of hydrogen-bond acceptors (Lipinski definition) is 4. The van der Waals surface area contributed by atoms with Crippen LogP contribution in [0.15, 0.2) is 0 Å². The molecule has 96 valence electrons. The van der Waals surface area contributed by atoms with Gasteiger partial charge in [0.25, 0.3) is 0 Å². The van der Waals surface area contributed by atoms with Crippen LogP contribution in [-0.4, -0.2) is 42.5 Å². The third-order valence-electron chi connectivity index (χ3n) is 3.61. The smallest absolute Gasteiger partial charge is 0.229 e. The number of hydrogen-bond donors (Lipinski definition) is 1. The van der Waals surface area contributed by atoms with Crippen LogP contribution in [0.1, 0.15) is 26.2 Å². The van der Waals surface area contributed by atoms with Gasteiger partial charge in [0.05, 0.1) is 6.61 Å². The Morgan fingerprint density at radius 3 is 2.59 bits per heavy atom. The first kappa shape index (κ1) is 12.5. The van der Waals surface area contributed by atoms with Crippen molar-refractivity contribution in [3.8, 4) is 0 Å². The van der Waals surface area contributed by atoms with E-state index in [4.69, 9.17) is 10.5 Å². The first-order chi connectivity index (χ1) is 8.08. The fourth-order valence-electron chi connectivity index (χ4n) is 2.48. The van der Waals surface area contributed by atoms with Gasteiger partial charge in [0.2, 0.25) is 11.8 Å². The average molecular weight is 240 g/mol. The largest absolute Gasteiger partial charge is 0.381 e. The molecule has 0 spiro atoms. The topological polar surface area (TPSA) is 72.6 Å². The number of carbonyl (C=O) groups is 2. The van der Waals surface area contributed by atoms with E-state index in [-0.39, 0.29) is 29.7 Å². The van der Waals surface area contributed by atoms with Gasteiger partial charge in [-0.25, -0.2) is 0 Å². The van der Waals surface area contributed by atoms with Crippen LogP contribution in [0.2, 0.25) is 0 Å². The van der Waals surface area contributed by atoms with Gasteiger partial charge >= 0.3 is 0 Å². The maximum absolute atomic E-state index is 11.8. The van der Waals surface area contributed by atoms with Crippen LogP contribution >= 0.6 is 0 Å². The summed E-state index contributed by atoms with van der Waals surface area (Å²) in [6, 6.07) is -0.154. The van der Waals surface area contributed by atoms with Crippen LogP contribution in [0.3, 0.4) is 0 Å². The van der Waals surface area contributed by atoms with E-state index in [1.165, 1.54) is 4.90 Å². The summed E-state index contributed by atoms with van der Waals surface area (Å²) in [6.45, 7) is 3.65. The zero-order valence-electron chi connectivity index (χ0n) is 10.2.